The highest BCUT2D eigenvalue weighted by atomic mass is 16.5. The Labute approximate surface area is 159 Å². The van der Waals surface area contributed by atoms with Gasteiger partial charge < -0.3 is 15.0 Å². The van der Waals surface area contributed by atoms with Crippen LogP contribution in [0.2, 0.25) is 0 Å². The van der Waals surface area contributed by atoms with Crippen molar-refractivity contribution in [1.29, 1.82) is 0 Å². The van der Waals surface area contributed by atoms with Crippen LogP contribution in [0.25, 0.3) is 6.08 Å². The van der Waals surface area contributed by atoms with Crippen LogP contribution in [0.5, 0.6) is 5.88 Å². The van der Waals surface area contributed by atoms with Gasteiger partial charge in [-0.3, -0.25) is 9.78 Å². The van der Waals surface area contributed by atoms with E-state index in [9.17, 15) is 4.79 Å². The molecule has 1 amide bonds. The Bertz CT molecular complexity index is 812. The molecule has 2 fully saturated rings. The number of nitrogens with zero attached hydrogens (tertiary/aromatic N) is 3. The van der Waals surface area contributed by atoms with Crippen LogP contribution in [0.3, 0.4) is 0 Å². The molecule has 27 heavy (non-hydrogen) atoms. The number of amides is 1. The van der Waals surface area contributed by atoms with Crippen molar-refractivity contribution < 1.29 is 9.53 Å². The lowest BCUT2D eigenvalue weighted by atomic mass is 10.2. The zero-order valence-electron chi connectivity index (χ0n) is 15.4. The summed E-state index contributed by atoms with van der Waals surface area (Å²) in [6.07, 6.45) is 9.66. The molecule has 1 N–H and O–H groups in total. The van der Waals surface area contributed by atoms with Crippen molar-refractivity contribution in [3.63, 3.8) is 0 Å². The van der Waals surface area contributed by atoms with Crippen LogP contribution < -0.4 is 15.0 Å². The summed E-state index contributed by atoms with van der Waals surface area (Å²) in [4.78, 5) is 22.5. The van der Waals surface area contributed by atoms with E-state index in [1.165, 1.54) is 5.69 Å². The lowest BCUT2D eigenvalue weighted by Gasteiger charge is -2.22. The van der Waals surface area contributed by atoms with E-state index in [2.05, 4.69) is 20.2 Å². The molecule has 6 nitrogen and oxygen atoms in total. The number of piperidine rings is 1. The summed E-state index contributed by atoms with van der Waals surface area (Å²) in [5, 5.41) is 2.99. The van der Waals surface area contributed by atoms with E-state index in [4.69, 9.17) is 4.74 Å². The van der Waals surface area contributed by atoms with Crippen molar-refractivity contribution >= 4 is 17.7 Å². The van der Waals surface area contributed by atoms with Crippen molar-refractivity contribution in [1.82, 2.24) is 15.3 Å². The Morgan fingerprint density at radius 2 is 2.19 bits per heavy atom. The second kappa shape index (κ2) is 7.78. The maximum absolute atomic E-state index is 11.9. The molecule has 0 bridgehead atoms. The van der Waals surface area contributed by atoms with E-state index in [1.54, 1.807) is 37.9 Å². The number of rotatable bonds is 7. The summed E-state index contributed by atoms with van der Waals surface area (Å²) in [5.41, 5.74) is 2.11. The number of hydrogen-bond acceptors (Lipinski definition) is 5. The van der Waals surface area contributed by atoms with Gasteiger partial charge in [-0.05, 0) is 47.9 Å². The summed E-state index contributed by atoms with van der Waals surface area (Å²) in [6.45, 7) is 2.89. The largest absolute Gasteiger partial charge is 0.481 e. The normalized spacial score (nSPS) is 23.3. The number of fused-ring (bicyclic) bond motifs is 1. The first kappa shape index (κ1) is 17.5. The number of ether oxygens (including phenoxy) is 1. The summed E-state index contributed by atoms with van der Waals surface area (Å²) >= 11 is 0. The van der Waals surface area contributed by atoms with Gasteiger partial charge in [0.15, 0.2) is 0 Å². The minimum atomic E-state index is -0.0461. The standard InChI is InChI=1S/C21H24N4O2/c1-27-21-11-16(6-9-24-21)25-13-18-17(19(18)14-25)7-10-23-20(26)5-4-15-3-2-8-22-12-15/h2-6,8-9,11-12,17-19H,7,10,13-14H2,1H3,(H,23,26)/b5-4+/t17-,18-,19+. The van der Waals surface area contributed by atoms with E-state index in [0.717, 1.165) is 49.4 Å². The highest BCUT2D eigenvalue weighted by molar-refractivity contribution is 5.91. The van der Waals surface area contributed by atoms with E-state index in [1.807, 2.05) is 24.3 Å². The Morgan fingerprint density at radius 3 is 2.93 bits per heavy atom. The van der Waals surface area contributed by atoms with Gasteiger partial charge in [0.1, 0.15) is 0 Å². The average molecular weight is 364 g/mol. The number of carbonyl (C=O) groups is 1. The monoisotopic (exact) mass is 364 g/mol. The molecule has 1 aliphatic carbocycles. The van der Waals surface area contributed by atoms with Crippen LogP contribution >= 0.6 is 0 Å². The first-order chi connectivity index (χ1) is 13.2. The maximum Gasteiger partial charge on any atom is 0.244 e. The van der Waals surface area contributed by atoms with Gasteiger partial charge in [-0.25, -0.2) is 4.98 Å². The van der Waals surface area contributed by atoms with Gasteiger partial charge in [0.25, 0.3) is 0 Å². The molecule has 2 aromatic rings. The summed E-state index contributed by atoms with van der Waals surface area (Å²) in [7, 11) is 1.64. The third-order valence-electron chi connectivity index (χ3n) is 5.55. The zero-order chi connectivity index (χ0) is 18.6. The minimum Gasteiger partial charge on any atom is -0.481 e. The van der Waals surface area contributed by atoms with Crippen LogP contribution in [0, 0.1) is 17.8 Å². The average Bonchev–Trinajstić information content (AvgIpc) is 3.15. The van der Waals surface area contributed by atoms with Crippen LogP contribution in [0.15, 0.2) is 48.9 Å². The minimum absolute atomic E-state index is 0.0461. The molecule has 0 spiro atoms. The molecule has 140 valence electrons. The van der Waals surface area contributed by atoms with E-state index in [0.29, 0.717) is 5.88 Å². The predicted octanol–water partition coefficient (Wildman–Crippen LogP) is 2.39. The fourth-order valence-electron chi connectivity index (χ4n) is 4.06. The van der Waals surface area contributed by atoms with Crippen LogP contribution in [0.4, 0.5) is 5.69 Å². The van der Waals surface area contributed by atoms with Crippen molar-refractivity contribution in [2.75, 3.05) is 31.6 Å². The third kappa shape index (κ3) is 4.10. The smallest absolute Gasteiger partial charge is 0.244 e. The van der Waals surface area contributed by atoms with E-state index >= 15 is 0 Å². The molecular formula is C21H24N4O2. The number of nitrogens with one attached hydrogen (secondary N) is 1. The summed E-state index contributed by atoms with van der Waals surface area (Å²) < 4.78 is 5.21. The molecule has 6 heteroatoms. The van der Waals surface area contributed by atoms with Gasteiger partial charge in [-0.15, -0.1) is 0 Å². The molecule has 0 aromatic carbocycles. The zero-order valence-corrected chi connectivity index (χ0v) is 15.4. The Morgan fingerprint density at radius 1 is 1.33 bits per heavy atom. The predicted molar refractivity (Wildman–Crippen MR) is 104 cm³/mol. The number of carbonyl (C=O) groups excluding carboxylic acids is 1. The van der Waals surface area contributed by atoms with Gasteiger partial charge in [-0.1, -0.05) is 6.07 Å². The highest BCUT2D eigenvalue weighted by Gasteiger charge is 2.54. The van der Waals surface area contributed by atoms with Gasteiger partial charge in [-0.2, -0.15) is 0 Å². The number of aromatic nitrogens is 2. The van der Waals surface area contributed by atoms with Crippen molar-refractivity contribution in [2.45, 2.75) is 6.42 Å². The van der Waals surface area contributed by atoms with E-state index < -0.39 is 0 Å². The molecule has 1 saturated carbocycles. The number of methoxy groups -OCH3 is 1. The summed E-state index contributed by atoms with van der Waals surface area (Å²) in [6, 6.07) is 7.81. The first-order valence-corrected chi connectivity index (χ1v) is 9.35. The number of hydrogen-bond donors (Lipinski definition) is 1. The van der Waals surface area contributed by atoms with Crippen LogP contribution in [-0.2, 0) is 4.79 Å². The third-order valence-corrected chi connectivity index (χ3v) is 5.55. The van der Waals surface area contributed by atoms with Crippen molar-refractivity contribution in [3.8, 4) is 5.88 Å². The molecule has 0 unspecified atom stereocenters. The van der Waals surface area contributed by atoms with Crippen LogP contribution in [0.1, 0.15) is 12.0 Å². The first-order valence-electron chi connectivity index (χ1n) is 9.35. The Hall–Kier alpha value is -2.89. The fourth-order valence-corrected chi connectivity index (χ4v) is 4.06. The molecule has 3 atom stereocenters. The molecule has 1 saturated heterocycles. The van der Waals surface area contributed by atoms with Gasteiger partial charge >= 0.3 is 0 Å². The molecule has 2 aromatic heterocycles. The van der Waals surface area contributed by atoms with Gasteiger partial charge in [0.05, 0.1) is 7.11 Å². The molecule has 2 aliphatic rings. The molecule has 1 aliphatic heterocycles. The lowest BCUT2D eigenvalue weighted by molar-refractivity contribution is -0.116. The fraction of sp³-hybridized carbons (Fsp3) is 0.381. The second-order valence-corrected chi connectivity index (χ2v) is 7.15. The highest BCUT2D eigenvalue weighted by Crippen LogP contribution is 2.54. The van der Waals surface area contributed by atoms with Crippen LogP contribution in [-0.4, -0.2) is 42.6 Å². The molecule has 0 radical (unpaired) electrons. The van der Waals surface area contributed by atoms with Crippen molar-refractivity contribution in [2.24, 2.45) is 17.8 Å². The second-order valence-electron chi connectivity index (χ2n) is 7.15. The Kier molecular flexibility index (Phi) is 5.05. The quantitative estimate of drug-likeness (QED) is 0.764. The topological polar surface area (TPSA) is 67.3 Å². The van der Waals surface area contributed by atoms with Crippen molar-refractivity contribution in [3.05, 3.63) is 54.5 Å². The molecule has 3 heterocycles. The van der Waals surface area contributed by atoms with Gasteiger partial charge in [0, 0.05) is 56.1 Å². The lowest BCUT2D eigenvalue weighted by Crippen LogP contribution is -2.26. The summed E-state index contributed by atoms with van der Waals surface area (Å²) in [5.74, 6) is 2.83. The molecule has 4 rings (SSSR count). The SMILES string of the molecule is COc1cc(N2C[C@@H]3[C@@H](CCNC(=O)/C=C/c4cccnc4)[C@@H]3C2)ccn1. The van der Waals surface area contributed by atoms with Gasteiger partial charge in [0.2, 0.25) is 11.8 Å². The number of pyridine rings is 2. The Balaban J connectivity index is 1.18. The number of anilines is 1. The van der Waals surface area contributed by atoms with E-state index in [-0.39, 0.29) is 5.91 Å². The molecular weight excluding hydrogens is 340 g/mol. The maximum atomic E-state index is 11.9.